The van der Waals surface area contributed by atoms with E-state index in [1.807, 2.05) is 43.3 Å². The minimum atomic E-state index is -0.254. The Morgan fingerprint density at radius 3 is 2.68 bits per heavy atom. The number of anilines is 1. The van der Waals surface area contributed by atoms with E-state index in [9.17, 15) is 9.59 Å². The SMILES string of the molecule is Cc1ccc2nc(C)c(NC(=O)CCSc3ccccc3)c(=O)n2c1. The maximum atomic E-state index is 12.6. The zero-order chi connectivity index (χ0) is 17.8. The molecule has 0 atom stereocenters. The van der Waals surface area contributed by atoms with Gasteiger partial charge in [-0.15, -0.1) is 11.8 Å². The third-order valence-electron chi connectivity index (χ3n) is 3.76. The summed E-state index contributed by atoms with van der Waals surface area (Å²) in [7, 11) is 0. The zero-order valence-corrected chi connectivity index (χ0v) is 15.0. The van der Waals surface area contributed by atoms with Crippen LogP contribution < -0.4 is 10.9 Å². The van der Waals surface area contributed by atoms with Crippen LogP contribution in [0.3, 0.4) is 0 Å². The predicted molar refractivity (Wildman–Crippen MR) is 101 cm³/mol. The first-order valence-corrected chi connectivity index (χ1v) is 9.00. The average Bonchev–Trinajstić information content (AvgIpc) is 2.60. The van der Waals surface area contributed by atoms with Crippen molar-refractivity contribution in [2.75, 3.05) is 11.1 Å². The Balaban J connectivity index is 1.71. The van der Waals surface area contributed by atoms with Gasteiger partial charge in [-0.1, -0.05) is 24.3 Å². The number of hydrogen-bond acceptors (Lipinski definition) is 4. The third-order valence-corrected chi connectivity index (χ3v) is 4.77. The van der Waals surface area contributed by atoms with Gasteiger partial charge in [-0.25, -0.2) is 4.98 Å². The van der Waals surface area contributed by atoms with Crippen LogP contribution in [0.15, 0.2) is 58.4 Å². The molecular weight excluding hydrogens is 334 g/mol. The van der Waals surface area contributed by atoms with Gasteiger partial charge in [0, 0.05) is 23.3 Å². The van der Waals surface area contributed by atoms with Crippen molar-refractivity contribution >= 4 is 29.0 Å². The fourth-order valence-corrected chi connectivity index (χ4v) is 3.35. The van der Waals surface area contributed by atoms with E-state index in [1.54, 1.807) is 30.9 Å². The van der Waals surface area contributed by atoms with E-state index in [1.165, 1.54) is 4.40 Å². The Hall–Kier alpha value is -2.60. The van der Waals surface area contributed by atoms with Crippen molar-refractivity contribution < 1.29 is 4.79 Å². The van der Waals surface area contributed by atoms with Crippen LogP contribution in [0.25, 0.3) is 5.65 Å². The summed E-state index contributed by atoms with van der Waals surface area (Å²) in [5.74, 6) is 0.467. The summed E-state index contributed by atoms with van der Waals surface area (Å²) in [6.07, 6.45) is 2.06. The highest BCUT2D eigenvalue weighted by molar-refractivity contribution is 7.99. The topological polar surface area (TPSA) is 63.5 Å². The highest BCUT2D eigenvalue weighted by Crippen LogP contribution is 2.18. The van der Waals surface area contributed by atoms with Crippen LogP contribution in [0.1, 0.15) is 17.7 Å². The highest BCUT2D eigenvalue weighted by atomic mass is 32.2. The van der Waals surface area contributed by atoms with Gasteiger partial charge >= 0.3 is 0 Å². The number of nitrogens with zero attached hydrogens (tertiary/aromatic N) is 2. The number of thioether (sulfide) groups is 1. The maximum absolute atomic E-state index is 12.6. The number of carbonyl (C=O) groups excluding carboxylic acids is 1. The molecule has 0 saturated carbocycles. The molecule has 0 radical (unpaired) electrons. The summed E-state index contributed by atoms with van der Waals surface area (Å²) in [5, 5.41) is 2.73. The number of nitrogens with one attached hydrogen (secondary N) is 1. The Bertz CT molecular complexity index is 968. The normalized spacial score (nSPS) is 10.8. The standard InChI is InChI=1S/C19H19N3O2S/c1-13-8-9-16-20-14(2)18(19(24)22(16)12-13)21-17(23)10-11-25-15-6-4-3-5-7-15/h3-9,12H,10-11H2,1-2H3,(H,21,23). The van der Waals surface area contributed by atoms with Crippen LogP contribution in [0, 0.1) is 13.8 Å². The lowest BCUT2D eigenvalue weighted by atomic mass is 10.3. The molecule has 1 N–H and O–H groups in total. The van der Waals surface area contributed by atoms with Crippen LogP contribution in [0.2, 0.25) is 0 Å². The fourth-order valence-electron chi connectivity index (χ4n) is 2.48. The largest absolute Gasteiger partial charge is 0.320 e. The molecule has 5 nitrogen and oxygen atoms in total. The van der Waals surface area contributed by atoms with Gasteiger partial charge in [0.25, 0.3) is 5.56 Å². The fraction of sp³-hybridized carbons (Fsp3) is 0.211. The molecule has 3 aromatic rings. The molecule has 3 rings (SSSR count). The van der Waals surface area contributed by atoms with Crippen molar-refractivity contribution in [3.05, 3.63) is 70.3 Å². The Kier molecular flexibility index (Phi) is 5.19. The quantitative estimate of drug-likeness (QED) is 0.714. The molecule has 0 aliphatic carbocycles. The molecule has 1 amide bonds. The van der Waals surface area contributed by atoms with Gasteiger partial charge in [-0.05, 0) is 37.6 Å². The van der Waals surface area contributed by atoms with Crippen LogP contribution in [0.4, 0.5) is 5.69 Å². The van der Waals surface area contributed by atoms with Gasteiger partial charge in [-0.2, -0.15) is 0 Å². The molecule has 0 aliphatic rings. The molecule has 0 fully saturated rings. The number of aromatic nitrogens is 2. The van der Waals surface area contributed by atoms with Crippen molar-refractivity contribution in [2.24, 2.45) is 0 Å². The number of benzene rings is 1. The second kappa shape index (κ2) is 7.53. The van der Waals surface area contributed by atoms with Crippen LogP contribution >= 0.6 is 11.8 Å². The number of fused-ring (bicyclic) bond motifs is 1. The Morgan fingerprint density at radius 1 is 1.16 bits per heavy atom. The summed E-state index contributed by atoms with van der Waals surface area (Å²) in [6, 6.07) is 13.6. The van der Waals surface area contributed by atoms with E-state index in [-0.39, 0.29) is 17.2 Å². The molecule has 128 valence electrons. The van der Waals surface area contributed by atoms with Gasteiger partial charge in [0.15, 0.2) is 0 Å². The van der Waals surface area contributed by atoms with E-state index < -0.39 is 0 Å². The molecule has 0 spiro atoms. The summed E-state index contributed by atoms with van der Waals surface area (Å²) in [5.41, 5.74) is 2.05. The molecule has 0 aliphatic heterocycles. The van der Waals surface area contributed by atoms with Crippen molar-refractivity contribution in [3.8, 4) is 0 Å². The molecule has 0 bridgehead atoms. The minimum absolute atomic E-state index is 0.182. The first-order chi connectivity index (χ1) is 12.0. The number of hydrogen-bond donors (Lipinski definition) is 1. The molecule has 2 aromatic heterocycles. The molecule has 25 heavy (non-hydrogen) atoms. The van der Waals surface area contributed by atoms with E-state index in [0.717, 1.165) is 10.5 Å². The van der Waals surface area contributed by atoms with Gasteiger partial charge in [0.2, 0.25) is 5.91 Å². The molecule has 1 aromatic carbocycles. The summed E-state index contributed by atoms with van der Waals surface area (Å²) < 4.78 is 1.47. The summed E-state index contributed by atoms with van der Waals surface area (Å²) >= 11 is 1.61. The highest BCUT2D eigenvalue weighted by Gasteiger charge is 2.13. The average molecular weight is 353 g/mol. The number of carbonyl (C=O) groups is 1. The minimum Gasteiger partial charge on any atom is -0.320 e. The third kappa shape index (κ3) is 4.09. The lowest BCUT2D eigenvalue weighted by Gasteiger charge is -2.10. The van der Waals surface area contributed by atoms with E-state index in [0.29, 0.717) is 23.5 Å². The molecule has 0 unspecified atom stereocenters. The monoisotopic (exact) mass is 353 g/mol. The number of pyridine rings is 1. The van der Waals surface area contributed by atoms with E-state index in [4.69, 9.17) is 0 Å². The summed E-state index contributed by atoms with van der Waals surface area (Å²) in [4.78, 5) is 30.4. The molecule has 6 heteroatoms. The van der Waals surface area contributed by atoms with Gasteiger partial charge < -0.3 is 5.32 Å². The lowest BCUT2D eigenvalue weighted by molar-refractivity contribution is -0.115. The van der Waals surface area contributed by atoms with Crippen molar-refractivity contribution in [1.82, 2.24) is 9.38 Å². The van der Waals surface area contributed by atoms with Crippen molar-refractivity contribution in [2.45, 2.75) is 25.2 Å². The first kappa shape index (κ1) is 17.2. The number of amides is 1. The molecule has 0 saturated heterocycles. The zero-order valence-electron chi connectivity index (χ0n) is 14.2. The molecular formula is C19H19N3O2S. The lowest BCUT2D eigenvalue weighted by Crippen LogP contribution is -2.25. The maximum Gasteiger partial charge on any atom is 0.281 e. The van der Waals surface area contributed by atoms with Crippen LogP contribution in [-0.2, 0) is 4.79 Å². The first-order valence-electron chi connectivity index (χ1n) is 8.02. The number of aryl methyl sites for hydroxylation is 2. The second-order valence-corrected chi connectivity index (χ2v) is 6.94. The second-order valence-electron chi connectivity index (χ2n) is 5.77. The summed E-state index contributed by atoms with van der Waals surface area (Å²) in [6.45, 7) is 3.64. The smallest absolute Gasteiger partial charge is 0.281 e. The number of rotatable bonds is 5. The van der Waals surface area contributed by atoms with Gasteiger partial charge in [0.05, 0.1) is 5.69 Å². The van der Waals surface area contributed by atoms with Crippen molar-refractivity contribution in [3.63, 3.8) is 0 Å². The Morgan fingerprint density at radius 2 is 1.92 bits per heavy atom. The van der Waals surface area contributed by atoms with Crippen LogP contribution in [0.5, 0.6) is 0 Å². The van der Waals surface area contributed by atoms with Gasteiger partial charge in [0.1, 0.15) is 11.3 Å². The van der Waals surface area contributed by atoms with E-state index in [2.05, 4.69) is 10.3 Å². The van der Waals surface area contributed by atoms with Gasteiger partial charge in [-0.3, -0.25) is 14.0 Å². The van der Waals surface area contributed by atoms with Crippen molar-refractivity contribution in [1.29, 1.82) is 0 Å². The Labute approximate surface area is 150 Å². The van der Waals surface area contributed by atoms with Crippen LogP contribution in [-0.4, -0.2) is 21.0 Å². The predicted octanol–water partition coefficient (Wildman–Crippen LogP) is 3.43. The van der Waals surface area contributed by atoms with E-state index >= 15 is 0 Å². The molecule has 2 heterocycles.